The highest BCUT2D eigenvalue weighted by Crippen LogP contribution is 2.31. The van der Waals surface area contributed by atoms with Crippen LogP contribution in [0.1, 0.15) is 29.5 Å². The summed E-state index contributed by atoms with van der Waals surface area (Å²) in [6.45, 7) is 4.31. The summed E-state index contributed by atoms with van der Waals surface area (Å²) in [5, 5.41) is 0.804. The average molecular weight is 326 g/mol. The van der Waals surface area contributed by atoms with Gasteiger partial charge in [0.2, 0.25) is 5.95 Å². The molecule has 2 aromatic carbocycles. The number of fused-ring (bicyclic) bond motifs is 1. The van der Waals surface area contributed by atoms with Gasteiger partial charge in [0.05, 0.1) is 11.0 Å². The van der Waals surface area contributed by atoms with E-state index in [1.807, 2.05) is 12.1 Å². The molecule has 3 aromatic rings. The highest BCUT2D eigenvalue weighted by atomic mass is 35.5. The lowest BCUT2D eigenvalue weighted by Crippen LogP contribution is -2.18. The smallest absolute Gasteiger partial charge is 0.203 e. The van der Waals surface area contributed by atoms with Crippen molar-refractivity contribution in [3.8, 4) is 0 Å². The Balaban J connectivity index is 1.76. The molecule has 3 nitrogen and oxygen atoms in total. The van der Waals surface area contributed by atoms with Crippen LogP contribution in [0.25, 0.3) is 11.0 Å². The van der Waals surface area contributed by atoms with E-state index in [0.717, 1.165) is 41.5 Å². The van der Waals surface area contributed by atoms with Crippen molar-refractivity contribution in [2.45, 2.75) is 26.2 Å². The Kier molecular flexibility index (Phi) is 3.74. The van der Waals surface area contributed by atoms with Gasteiger partial charge in [-0.3, -0.25) is 0 Å². The lowest BCUT2D eigenvalue weighted by molar-refractivity contribution is 0.922. The fourth-order valence-corrected chi connectivity index (χ4v) is 3.71. The summed E-state index contributed by atoms with van der Waals surface area (Å²) in [5.74, 6) is 0.980. The Bertz CT molecular complexity index is 833. The summed E-state index contributed by atoms with van der Waals surface area (Å²) in [6.07, 6.45) is 3.34. The molecule has 4 heteroatoms. The van der Waals surface area contributed by atoms with Gasteiger partial charge < -0.3 is 9.88 Å². The summed E-state index contributed by atoms with van der Waals surface area (Å²) in [4.78, 5) is 10.6. The number of halogens is 1. The number of benzene rings is 2. The highest BCUT2D eigenvalue weighted by molar-refractivity contribution is 6.32. The van der Waals surface area contributed by atoms with Gasteiger partial charge in [0.1, 0.15) is 0 Å². The van der Waals surface area contributed by atoms with Gasteiger partial charge in [-0.2, -0.15) is 0 Å². The Morgan fingerprint density at radius 3 is 2.65 bits per heavy atom. The van der Waals surface area contributed by atoms with E-state index in [9.17, 15) is 0 Å². The molecular formula is C19H20ClN3. The number of aromatic nitrogens is 2. The summed E-state index contributed by atoms with van der Waals surface area (Å²) in [6, 6.07) is 12.5. The number of H-pyrrole nitrogens is 1. The van der Waals surface area contributed by atoms with E-state index in [4.69, 9.17) is 16.6 Å². The second-order valence-electron chi connectivity index (χ2n) is 6.27. The van der Waals surface area contributed by atoms with E-state index < -0.39 is 0 Å². The van der Waals surface area contributed by atoms with Crippen molar-refractivity contribution in [3.63, 3.8) is 0 Å². The molecule has 0 saturated carbocycles. The fourth-order valence-electron chi connectivity index (χ4n) is 3.40. The minimum Gasteiger partial charge on any atom is -0.342 e. The third-order valence-corrected chi connectivity index (χ3v) is 5.07. The molecule has 1 N–H and O–H groups in total. The summed E-state index contributed by atoms with van der Waals surface area (Å²) >= 11 is 6.56. The van der Waals surface area contributed by atoms with Crippen molar-refractivity contribution in [2.24, 2.45) is 0 Å². The molecule has 1 aliphatic heterocycles. The topological polar surface area (TPSA) is 31.9 Å². The zero-order chi connectivity index (χ0) is 15.8. The van der Waals surface area contributed by atoms with Crippen LogP contribution in [-0.2, 0) is 6.42 Å². The first-order valence-electron chi connectivity index (χ1n) is 8.19. The van der Waals surface area contributed by atoms with E-state index in [1.54, 1.807) is 0 Å². The summed E-state index contributed by atoms with van der Waals surface area (Å²) < 4.78 is 0. The van der Waals surface area contributed by atoms with Crippen molar-refractivity contribution >= 4 is 28.6 Å². The Labute approximate surface area is 141 Å². The number of nitrogens with zero attached hydrogens (tertiary/aromatic N) is 2. The number of aromatic amines is 1. The van der Waals surface area contributed by atoms with Gasteiger partial charge in [-0.1, -0.05) is 41.9 Å². The maximum atomic E-state index is 6.56. The molecule has 0 amide bonds. The molecule has 0 spiro atoms. The van der Waals surface area contributed by atoms with Crippen LogP contribution in [0.3, 0.4) is 0 Å². The predicted molar refractivity (Wildman–Crippen MR) is 96.5 cm³/mol. The second-order valence-corrected chi connectivity index (χ2v) is 6.68. The molecule has 1 aliphatic rings. The first kappa shape index (κ1) is 14.6. The van der Waals surface area contributed by atoms with Gasteiger partial charge >= 0.3 is 0 Å². The van der Waals surface area contributed by atoms with Crippen molar-refractivity contribution in [1.82, 2.24) is 9.97 Å². The van der Waals surface area contributed by atoms with Gasteiger partial charge in [-0.15, -0.1) is 0 Å². The monoisotopic (exact) mass is 325 g/mol. The highest BCUT2D eigenvalue weighted by Gasteiger charge is 2.18. The molecular weight excluding hydrogens is 306 g/mol. The van der Waals surface area contributed by atoms with Gasteiger partial charge in [0.25, 0.3) is 0 Å². The van der Waals surface area contributed by atoms with Crippen molar-refractivity contribution in [1.29, 1.82) is 0 Å². The molecule has 0 radical (unpaired) electrons. The fraction of sp³-hybridized carbons (Fsp3) is 0.316. The quantitative estimate of drug-likeness (QED) is 0.756. The van der Waals surface area contributed by atoms with E-state index >= 15 is 0 Å². The maximum Gasteiger partial charge on any atom is 0.203 e. The maximum absolute atomic E-state index is 6.56. The van der Waals surface area contributed by atoms with Crippen LogP contribution < -0.4 is 4.90 Å². The second kappa shape index (κ2) is 5.89. The first-order chi connectivity index (χ1) is 11.2. The standard InChI is InChI=1S/C19H20ClN3/c1-13-15(11-14-7-3-2-4-8-14)16(20)12-17-18(13)22-19(21-17)23-9-5-6-10-23/h2-4,7-8,12H,5-6,9-11H2,1H3,(H,21,22). The lowest BCUT2D eigenvalue weighted by Gasteiger charge is -2.12. The molecule has 2 heterocycles. The third-order valence-electron chi connectivity index (χ3n) is 4.73. The molecule has 0 bridgehead atoms. The third kappa shape index (κ3) is 2.70. The van der Waals surface area contributed by atoms with Gasteiger partial charge in [-0.25, -0.2) is 4.98 Å². The Morgan fingerprint density at radius 2 is 1.91 bits per heavy atom. The normalized spacial score (nSPS) is 14.8. The molecule has 118 valence electrons. The van der Waals surface area contributed by atoms with Crippen LogP contribution in [0, 0.1) is 6.92 Å². The van der Waals surface area contributed by atoms with E-state index in [-0.39, 0.29) is 0 Å². The molecule has 1 fully saturated rings. The number of rotatable bonds is 3. The van der Waals surface area contributed by atoms with Crippen LogP contribution in [0.4, 0.5) is 5.95 Å². The minimum absolute atomic E-state index is 0.804. The molecule has 1 saturated heterocycles. The molecule has 4 rings (SSSR count). The van der Waals surface area contributed by atoms with Crippen LogP contribution in [0.5, 0.6) is 0 Å². The molecule has 0 aliphatic carbocycles. The molecule has 1 aromatic heterocycles. The first-order valence-corrected chi connectivity index (χ1v) is 8.57. The Hall–Kier alpha value is -2.00. The average Bonchev–Trinajstić information content (AvgIpc) is 3.21. The van der Waals surface area contributed by atoms with Gasteiger partial charge in [0, 0.05) is 18.1 Å². The number of imidazole rings is 1. The minimum atomic E-state index is 0.804. The predicted octanol–water partition coefficient (Wildman–Crippen LogP) is 4.72. The summed E-state index contributed by atoms with van der Waals surface area (Å²) in [7, 11) is 0. The molecule has 0 unspecified atom stereocenters. The van der Waals surface area contributed by atoms with E-state index in [0.29, 0.717) is 0 Å². The number of hydrogen-bond donors (Lipinski definition) is 1. The van der Waals surface area contributed by atoms with Crippen LogP contribution in [0.15, 0.2) is 36.4 Å². The largest absolute Gasteiger partial charge is 0.342 e. The summed E-state index contributed by atoms with van der Waals surface area (Å²) in [5.41, 5.74) is 5.74. The Morgan fingerprint density at radius 1 is 1.17 bits per heavy atom. The molecule has 23 heavy (non-hydrogen) atoms. The van der Waals surface area contributed by atoms with E-state index in [1.165, 1.54) is 29.5 Å². The lowest BCUT2D eigenvalue weighted by atomic mass is 9.99. The number of aryl methyl sites for hydroxylation is 1. The zero-order valence-corrected chi connectivity index (χ0v) is 14.0. The SMILES string of the molecule is Cc1c(Cc2ccccc2)c(Cl)cc2nc(N3CCCC3)[nH]c12. The number of nitrogens with one attached hydrogen (secondary N) is 1. The van der Waals surface area contributed by atoms with Gasteiger partial charge in [0.15, 0.2) is 0 Å². The zero-order valence-electron chi connectivity index (χ0n) is 13.3. The van der Waals surface area contributed by atoms with Gasteiger partial charge in [-0.05, 0) is 48.9 Å². The van der Waals surface area contributed by atoms with Crippen LogP contribution in [-0.4, -0.2) is 23.1 Å². The number of anilines is 1. The van der Waals surface area contributed by atoms with E-state index in [2.05, 4.69) is 41.1 Å². The van der Waals surface area contributed by atoms with Crippen LogP contribution in [0.2, 0.25) is 5.02 Å². The molecule has 0 atom stereocenters. The number of hydrogen-bond acceptors (Lipinski definition) is 2. The van der Waals surface area contributed by atoms with Crippen molar-refractivity contribution in [2.75, 3.05) is 18.0 Å². The van der Waals surface area contributed by atoms with Crippen molar-refractivity contribution < 1.29 is 0 Å². The van der Waals surface area contributed by atoms with Crippen molar-refractivity contribution in [3.05, 3.63) is 58.1 Å². The van der Waals surface area contributed by atoms with Crippen LogP contribution >= 0.6 is 11.6 Å².